The molecule has 0 radical (unpaired) electrons. The van der Waals surface area contributed by atoms with Crippen molar-refractivity contribution >= 4 is 40.2 Å². The van der Waals surface area contributed by atoms with Gasteiger partial charge in [0.05, 0.1) is 12.0 Å². The van der Waals surface area contributed by atoms with Crippen molar-refractivity contribution in [1.29, 1.82) is 0 Å². The summed E-state index contributed by atoms with van der Waals surface area (Å²) < 4.78 is 27.2. The maximum absolute atomic E-state index is 13.6. The van der Waals surface area contributed by atoms with E-state index >= 15 is 0 Å². The zero-order valence-electron chi connectivity index (χ0n) is 20.8. The summed E-state index contributed by atoms with van der Waals surface area (Å²) in [6, 6.07) is 3.21. The van der Waals surface area contributed by atoms with Gasteiger partial charge in [-0.1, -0.05) is 43.9 Å². The Morgan fingerprint density at radius 1 is 1.26 bits per heavy atom. The maximum atomic E-state index is 13.6. The number of amides is 1. The number of aromatic nitrogens is 1. The molecule has 0 bridgehead atoms. The lowest BCUT2D eigenvalue weighted by Gasteiger charge is -2.09. The van der Waals surface area contributed by atoms with Gasteiger partial charge in [-0.25, -0.2) is 13.8 Å². The molecule has 1 aromatic heterocycles. The van der Waals surface area contributed by atoms with Crippen LogP contribution in [0.4, 0.5) is 19.7 Å². The number of nitrogens with zero attached hydrogens (tertiary/aromatic N) is 3. The Morgan fingerprint density at radius 2 is 1.89 bits per heavy atom. The Kier molecular flexibility index (Phi) is 16.2. The van der Waals surface area contributed by atoms with Crippen LogP contribution >= 0.6 is 11.3 Å². The first-order chi connectivity index (χ1) is 16.7. The Morgan fingerprint density at radius 3 is 2.43 bits per heavy atom. The summed E-state index contributed by atoms with van der Waals surface area (Å²) in [7, 11) is 5.60. The monoisotopic (exact) mass is 508 g/mol. The molecule has 1 amide bonds. The van der Waals surface area contributed by atoms with Gasteiger partial charge in [-0.15, -0.1) is 0 Å². The summed E-state index contributed by atoms with van der Waals surface area (Å²) in [5.41, 5.74) is 5.00. The van der Waals surface area contributed by atoms with Crippen LogP contribution < -0.4 is 16.4 Å². The van der Waals surface area contributed by atoms with E-state index in [1.54, 1.807) is 31.6 Å². The summed E-state index contributed by atoms with van der Waals surface area (Å²) >= 11 is 0.915. The van der Waals surface area contributed by atoms with Crippen molar-refractivity contribution in [3.8, 4) is 0 Å². The van der Waals surface area contributed by atoms with Crippen molar-refractivity contribution in [3.05, 3.63) is 65.2 Å². The predicted molar refractivity (Wildman–Crippen MR) is 141 cm³/mol. The number of likely N-dealkylation sites (N-methyl/N-ethyl adjacent to an activating group) is 1. The molecule has 4 N–H and O–H groups in total. The minimum atomic E-state index is -0.936. The highest BCUT2D eigenvalue weighted by molar-refractivity contribution is 7.18. The van der Waals surface area contributed by atoms with Crippen LogP contribution in [-0.2, 0) is 4.79 Å². The summed E-state index contributed by atoms with van der Waals surface area (Å²) in [4.78, 5) is 32.8. The number of benzene rings is 1. The molecule has 0 spiro atoms. The Balaban J connectivity index is 0.000000707. The third kappa shape index (κ3) is 12.0. The normalized spacial score (nSPS) is 10.4. The molecule has 0 aliphatic rings. The van der Waals surface area contributed by atoms with Crippen LogP contribution in [0.5, 0.6) is 0 Å². The lowest BCUT2D eigenvalue weighted by atomic mass is 10.1. The fourth-order valence-corrected chi connectivity index (χ4v) is 3.05. The number of carbonyl (C=O) groups excluding carboxylic acids is 2. The number of anilines is 2. The van der Waals surface area contributed by atoms with Gasteiger partial charge >= 0.3 is 0 Å². The molecule has 1 aromatic carbocycles. The van der Waals surface area contributed by atoms with Gasteiger partial charge in [-0.3, -0.25) is 9.59 Å². The van der Waals surface area contributed by atoms with E-state index in [1.807, 2.05) is 32.8 Å². The van der Waals surface area contributed by atoms with Gasteiger partial charge in [0.2, 0.25) is 11.7 Å². The van der Waals surface area contributed by atoms with E-state index in [1.165, 1.54) is 6.07 Å². The van der Waals surface area contributed by atoms with E-state index in [4.69, 9.17) is 5.73 Å². The quantitative estimate of drug-likeness (QED) is 0.253. The number of nitrogens with two attached hydrogens (primary N) is 1. The number of carbonyl (C=O) groups is 2. The Hall–Kier alpha value is -3.44. The average molecular weight is 509 g/mol. The zero-order valence-corrected chi connectivity index (χ0v) is 21.6. The second kappa shape index (κ2) is 18.0. The van der Waals surface area contributed by atoms with Crippen molar-refractivity contribution in [2.24, 2.45) is 4.99 Å². The van der Waals surface area contributed by atoms with Gasteiger partial charge < -0.3 is 26.3 Å². The molecule has 2 rings (SSSR count). The molecule has 35 heavy (non-hydrogen) atoms. The highest BCUT2D eigenvalue weighted by Gasteiger charge is 2.23. The average Bonchev–Trinajstić information content (AvgIpc) is 3.19. The number of hydrogen-bond donors (Lipinski definition) is 3. The number of allylic oxidation sites excluding steroid dienone is 2. The first-order valence-corrected chi connectivity index (χ1v) is 11.6. The highest BCUT2D eigenvalue weighted by Crippen LogP contribution is 2.29. The van der Waals surface area contributed by atoms with E-state index in [0.29, 0.717) is 18.1 Å². The zero-order chi connectivity index (χ0) is 26.8. The van der Waals surface area contributed by atoms with Gasteiger partial charge in [0.15, 0.2) is 5.13 Å². The number of hydrogen-bond acceptors (Lipinski definition) is 8. The Labute approximate surface area is 209 Å². The van der Waals surface area contributed by atoms with Gasteiger partial charge in [0, 0.05) is 32.6 Å². The molecule has 11 heteroatoms. The number of rotatable bonds is 10. The molecule has 0 fully saturated rings. The molecular formula is C24H34F2N6O2S. The second-order valence-corrected chi connectivity index (χ2v) is 7.70. The van der Waals surface area contributed by atoms with Crippen molar-refractivity contribution in [2.45, 2.75) is 20.3 Å². The number of nitrogens with one attached hydrogen (secondary N) is 2. The van der Waals surface area contributed by atoms with Crippen molar-refractivity contribution in [2.75, 3.05) is 45.3 Å². The molecule has 0 unspecified atom stereocenters. The van der Waals surface area contributed by atoms with E-state index in [9.17, 15) is 18.4 Å². The second-order valence-electron chi connectivity index (χ2n) is 6.70. The smallest absolute Gasteiger partial charge is 0.225 e. The summed E-state index contributed by atoms with van der Waals surface area (Å²) in [5, 5.41) is 5.89. The fourth-order valence-electron chi connectivity index (χ4n) is 2.24. The molecule has 0 saturated carbocycles. The van der Waals surface area contributed by atoms with Crippen molar-refractivity contribution in [1.82, 2.24) is 15.2 Å². The van der Waals surface area contributed by atoms with E-state index in [-0.39, 0.29) is 16.6 Å². The minimum Gasteiger partial charge on any atom is -0.382 e. The third-order valence-corrected chi connectivity index (χ3v) is 4.83. The topological polar surface area (TPSA) is 113 Å². The summed E-state index contributed by atoms with van der Waals surface area (Å²) in [5.74, 6) is -2.76. The Bertz CT molecular complexity index is 986. The standard InChI is InChI=1S/C14H11F2N3OS.C8H17N3O.C2H6/c1-2-3-7-18-14-19-13(17)12(21-14)11(20)10-8(15)5-4-6-9(10)16;1-9-5-4-8(12)10-6-7-11(2)3;1-2/h2-7H,1,17H2,(H,18,19);5H,4,6-7H2,1-3H3,(H,10,12);1-2H3/b7-3+;;. The van der Waals surface area contributed by atoms with Gasteiger partial charge in [-0.05, 0) is 32.3 Å². The third-order valence-electron chi connectivity index (χ3n) is 3.83. The predicted octanol–water partition coefficient (Wildman–Crippen LogP) is 4.13. The van der Waals surface area contributed by atoms with Crippen LogP contribution in [0.1, 0.15) is 35.5 Å². The highest BCUT2D eigenvalue weighted by atomic mass is 32.1. The van der Waals surface area contributed by atoms with Crippen molar-refractivity contribution in [3.63, 3.8) is 0 Å². The number of halogens is 2. The SMILES string of the molecule is C=C/C=C/Nc1nc(N)c(C(=O)c2c(F)cccc2F)s1.CC.CN=CCC(=O)NCCN(C)C. The molecular weight excluding hydrogens is 474 g/mol. The number of aliphatic imine (C=N–C) groups is 1. The van der Waals surface area contributed by atoms with Crippen LogP contribution in [0, 0.1) is 11.6 Å². The van der Waals surface area contributed by atoms with Crippen molar-refractivity contribution < 1.29 is 18.4 Å². The number of thiazole rings is 1. The minimum absolute atomic E-state index is 0.0199. The first-order valence-electron chi connectivity index (χ1n) is 10.8. The van der Waals surface area contributed by atoms with Gasteiger partial charge in [0.25, 0.3) is 0 Å². The molecule has 0 aliphatic carbocycles. The van der Waals surface area contributed by atoms with Crippen LogP contribution in [0.15, 0.2) is 48.1 Å². The summed E-state index contributed by atoms with van der Waals surface area (Å²) in [6.07, 6.45) is 6.69. The molecule has 0 atom stereocenters. The fraction of sp³-hybridized carbons (Fsp3) is 0.333. The van der Waals surface area contributed by atoms with E-state index < -0.39 is 23.0 Å². The first kappa shape index (κ1) is 31.6. The van der Waals surface area contributed by atoms with Gasteiger partial charge in [-0.2, -0.15) is 0 Å². The molecule has 192 valence electrons. The molecule has 8 nitrogen and oxygen atoms in total. The molecule has 2 aromatic rings. The van der Waals surface area contributed by atoms with E-state index in [2.05, 4.69) is 27.2 Å². The van der Waals surface area contributed by atoms with Crippen LogP contribution in [0.2, 0.25) is 0 Å². The van der Waals surface area contributed by atoms with Gasteiger partial charge in [0.1, 0.15) is 22.3 Å². The molecule has 0 saturated heterocycles. The molecule has 0 aliphatic heterocycles. The summed E-state index contributed by atoms with van der Waals surface area (Å²) in [6.45, 7) is 9.06. The lowest BCUT2D eigenvalue weighted by molar-refractivity contribution is -0.119. The maximum Gasteiger partial charge on any atom is 0.225 e. The van der Waals surface area contributed by atoms with Crippen LogP contribution in [-0.4, -0.2) is 62.0 Å². The van der Waals surface area contributed by atoms with Crippen LogP contribution in [0.25, 0.3) is 0 Å². The number of nitrogen functional groups attached to an aromatic ring is 1. The lowest BCUT2D eigenvalue weighted by Crippen LogP contribution is -2.31. The number of ketones is 1. The van der Waals surface area contributed by atoms with E-state index in [0.717, 1.165) is 30.0 Å². The van der Waals surface area contributed by atoms with Crippen LogP contribution in [0.3, 0.4) is 0 Å². The largest absolute Gasteiger partial charge is 0.382 e. The molecule has 1 heterocycles.